The summed E-state index contributed by atoms with van der Waals surface area (Å²) in [6, 6.07) is 0. The summed E-state index contributed by atoms with van der Waals surface area (Å²) in [5.41, 5.74) is 12.0. The van der Waals surface area contributed by atoms with Crippen molar-refractivity contribution < 1.29 is 9.15 Å². The van der Waals surface area contributed by atoms with Crippen LogP contribution in [0.15, 0.2) is 0 Å². The van der Waals surface area contributed by atoms with Crippen LogP contribution in [0.2, 0.25) is 0 Å². The van der Waals surface area contributed by atoms with Crippen molar-refractivity contribution in [2.45, 2.75) is 27.7 Å². The Kier molecular flexibility index (Phi) is 18.7. The van der Waals surface area contributed by atoms with E-state index in [-0.39, 0.29) is 24.8 Å². The zero-order chi connectivity index (χ0) is 13.3. The molecule has 0 aliphatic carbocycles. The predicted octanol–water partition coefficient (Wildman–Crippen LogP) is 1.99. The maximum atomic E-state index is 5.99. The van der Waals surface area contributed by atoms with Gasteiger partial charge in [0.05, 0.1) is 31.3 Å². The Labute approximate surface area is 138 Å². The molecule has 19 heavy (non-hydrogen) atoms. The average Bonchev–Trinajstić information content (AvgIpc) is 2.32. The molecule has 0 aromatic carbocycles. The summed E-state index contributed by atoms with van der Waals surface area (Å²) in [6.45, 7) is 12.3. The van der Waals surface area contributed by atoms with Crippen molar-refractivity contribution in [3.63, 3.8) is 0 Å². The Morgan fingerprint density at radius 1 is 0.737 bits per heavy atom. The van der Waals surface area contributed by atoms with Crippen LogP contribution in [0.3, 0.4) is 0 Å². The van der Waals surface area contributed by atoms with Gasteiger partial charge in [0.25, 0.3) is 0 Å². The van der Waals surface area contributed by atoms with Gasteiger partial charge in [0.1, 0.15) is 0 Å². The van der Waals surface area contributed by atoms with E-state index in [1.807, 2.05) is 0 Å². The number of hydrogen-bond donors (Lipinski definition) is 2. The van der Waals surface area contributed by atoms with E-state index in [0.29, 0.717) is 0 Å². The van der Waals surface area contributed by atoms with Crippen molar-refractivity contribution in [2.24, 2.45) is 11.5 Å². The summed E-state index contributed by atoms with van der Waals surface area (Å²) in [5, 5.41) is 2.63. The second kappa shape index (κ2) is 14.6. The highest BCUT2D eigenvalue weighted by molar-refractivity contribution is 8.28. The van der Waals surface area contributed by atoms with Gasteiger partial charge in [-0.1, -0.05) is 0 Å². The van der Waals surface area contributed by atoms with Crippen molar-refractivity contribution in [3.05, 3.63) is 0 Å². The summed E-state index contributed by atoms with van der Waals surface area (Å²) in [5.74, 6) is 0. The van der Waals surface area contributed by atoms with Crippen molar-refractivity contribution in [1.29, 1.82) is 0 Å². The quantitative estimate of drug-likeness (QED) is 0.333. The van der Waals surface area contributed by atoms with Gasteiger partial charge >= 0.3 is 10.3 Å². The highest BCUT2D eigenvalue weighted by Gasteiger charge is 2.10. The molecule has 8 heteroatoms. The number of rotatable bonds is 6. The van der Waals surface area contributed by atoms with Gasteiger partial charge in [-0.2, -0.15) is 0 Å². The molecule has 0 aliphatic rings. The monoisotopic (exact) mass is 350 g/mol. The third kappa shape index (κ3) is 9.71. The minimum Gasteiger partial charge on any atom is -0.281 e. The van der Waals surface area contributed by atoms with Gasteiger partial charge in [0, 0.05) is 0 Å². The van der Waals surface area contributed by atoms with E-state index in [9.17, 15) is 0 Å². The van der Waals surface area contributed by atoms with Gasteiger partial charge < -0.3 is 0 Å². The molecule has 0 heterocycles. The molecule has 0 rings (SSSR count). The number of amidine groups is 2. The van der Waals surface area contributed by atoms with Crippen LogP contribution >= 0.6 is 48.3 Å². The first-order valence-electron chi connectivity index (χ1n) is 6.10. The lowest BCUT2D eigenvalue weighted by molar-refractivity contribution is -0.518. The van der Waals surface area contributed by atoms with Crippen LogP contribution in [0.5, 0.6) is 0 Å². The highest BCUT2D eigenvalue weighted by atomic mass is 35.5. The first-order valence-corrected chi connectivity index (χ1v) is 8.07. The third-order valence-electron chi connectivity index (χ3n) is 2.56. The fraction of sp³-hybridized carbons (Fsp3) is 0.818. The first kappa shape index (κ1) is 24.3. The van der Waals surface area contributed by atoms with E-state index >= 15 is 0 Å². The Balaban J connectivity index is -0.00000128. The second-order valence-electron chi connectivity index (χ2n) is 3.43. The molecule has 0 amide bonds. The van der Waals surface area contributed by atoms with Crippen LogP contribution in [-0.2, 0) is 0 Å². The van der Waals surface area contributed by atoms with Gasteiger partial charge in [-0.3, -0.25) is 20.6 Å². The Hall–Kier alpha value is 0.220. The van der Waals surface area contributed by atoms with Crippen molar-refractivity contribution in [3.8, 4) is 0 Å². The normalized spacial score (nSPS) is 9.05. The molecule has 0 bridgehead atoms. The minimum atomic E-state index is 0. The van der Waals surface area contributed by atoms with Crippen LogP contribution in [0.4, 0.5) is 0 Å². The topological polar surface area (TPSA) is 58.1 Å². The van der Waals surface area contributed by atoms with Crippen molar-refractivity contribution in [2.75, 3.05) is 31.3 Å². The van der Waals surface area contributed by atoms with Gasteiger partial charge in [0.2, 0.25) is 0 Å². The molecule has 0 radical (unpaired) electrons. The van der Waals surface area contributed by atoms with Crippen molar-refractivity contribution in [1.82, 2.24) is 0 Å². The van der Waals surface area contributed by atoms with Crippen LogP contribution in [-0.4, -0.2) is 50.8 Å². The smallest absolute Gasteiger partial charge is 0.281 e. The molecular weight excluding hydrogens is 323 g/mol. The fourth-order valence-corrected chi connectivity index (χ4v) is 3.49. The fourth-order valence-electron chi connectivity index (χ4n) is 1.40. The van der Waals surface area contributed by atoms with Crippen LogP contribution in [0, 0.1) is 0 Å². The van der Waals surface area contributed by atoms with Gasteiger partial charge in [-0.15, -0.1) is 24.8 Å². The van der Waals surface area contributed by atoms with Crippen LogP contribution in [0.1, 0.15) is 27.7 Å². The van der Waals surface area contributed by atoms with Gasteiger partial charge in [-0.05, 0) is 51.2 Å². The molecule has 0 aromatic heterocycles. The molecule has 0 saturated carbocycles. The summed E-state index contributed by atoms with van der Waals surface area (Å²) < 4.78 is 4.30. The lowest BCUT2D eigenvalue weighted by atomic mass is 10.6. The maximum Gasteiger partial charge on any atom is 0.304 e. The summed E-state index contributed by atoms with van der Waals surface area (Å²) >= 11 is 3.31. The van der Waals surface area contributed by atoms with Crippen molar-refractivity contribution >= 4 is 58.7 Å². The van der Waals surface area contributed by atoms with E-state index in [2.05, 4.69) is 36.8 Å². The standard InChI is InChI=1S/C11H24N4S2.2ClH/c1-5-14(6-2)10(12)16-9-17-11(13)15(7-3)8-4;;/h12-13H,5-9H2,1-4H3;2*1H/p+2. The molecular formula is C11H28Cl2N4S2+2. The molecule has 116 valence electrons. The molecule has 0 atom stereocenters. The highest BCUT2D eigenvalue weighted by Crippen LogP contribution is 2.11. The predicted molar refractivity (Wildman–Crippen MR) is 95.6 cm³/mol. The van der Waals surface area contributed by atoms with E-state index < -0.39 is 0 Å². The number of halogens is 2. The molecule has 4 N–H and O–H groups in total. The molecule has 0 aliphatic heterocycles. The van der Waals surface area contributed by atoms with E-state index in [1.165, 1.54) is 0 Å². The zero-order valence-electron chi connectivity index (χ0n) is 12.2. The Morgan fingerprint density at radius 3 is 1.21 bits per heavy atom. The Bertz CT molecular complexity index is 256. The lowest BCUT2D eigenvalue weighted by Crippen LogP contribution is -2.27. The Morgan fingerprint density at radius 2 is 1.00 bits per heavy atom. The average molecular weight is 351 g/mol. The molecule has 0 fully saturated rings. The van der Waals surface area contributed by atoms with Gasteiger partial charge in [0.15, 0.2) is 0 Å². The van der Waals surface area contributed by atoms with E-state index in [0.717, 1.165) is 41.6 Å². The van der Waals surface area contributed by atoms with Crippen LogP contribution in [0.25, 0.3) is 0 Å². The van der Waals surface area contributed by atoms with Gasteiger partial charge in [-0.25, -0.2) is 0 Å². The van der Waals surface area contributed by atoms with E-state index in [1.54, 1.807) is 23.5 Å². The third-order valence-corrected chi connectivity index (χ3v) is 4.61. The molecule has 0 aromatic rings. The number of nitrogens with two attached hydrogens (primary N) is 2. The number of thioether (sulfide) groups is 2. The molecule has 0 unspecified atom stereocenters. The zero-order valence-corrected chi connectivity index (χ0v) is 15.5. The molecule has 0 saturated heterocycles. The number of nitrogens with zero attached hydrogens (tertiary/aromatic N) is 2. The minimum absolute atomic E-state index is 0. The van der Waals surface area contributed by atoms with E-state index in [4.69, 9.17) is 11.5 Å². The lowest BCUT2D eigenvalue weighted by Gasteiger charge is -2.05. The summed E-state index contributed by atoms with van der Waals surface area (Å²) in [4.78, 5) is 0. The summed E-state index contributed by atoms with van der Waals surface area (Å²) in [6.07, 6.45) is 0. The number of hydrogen-bond acceptors (Lipinski definition) is 2. The second-order valence-corrected chi connectivity index (χ2v) is 5.78. The molecule has 0 spiro atoms. The first-order chi connectivity index (χ1) is 8.10. The van der Waals surface area contributed by atoms with Crippen LogP contribution < -0.4 is 11.5 Å². The summed E-state index contributed by atoms with van der Waals surface area (Å²) in [7, 11) is 0. The largest absolute Gasteiger partial charge is 0.304 e. The SMILES string of the molecule is CC[N+](CC)=C(N)SCSC(N)=[N+](CC)CC.Cl.Cl. The maximum absolute atomic E-state index is 5.99. The molecule has 4 nitrogen and oxygen atoms in total.